The van der Waals surface area contributed by atoms with Crippen molar-refractivity contribution >= 4 is 70.1 Å². The average molecular weight is 833 g/mol. The lowest BCUT2D eigenvalue weighted by Gasteiger charge is -2.31. The molecule has 12 rings (SSSR count). The Labute approximate surface area is 367 Å². The first-order valence-corrected chi connectivity index (χ1v) is 29.6. The van der Waals surface area contributed by atoms with Crippen LogP contribution in [-0.4, -0.2) is 25.3 Å². The van der Waals surface area contributed by atoms with Gasteiger partial charge in [0.2, 0.25) is 0 Å². The van der Waals surface area contributed by atoms with E-state index in [0.29, 0.717) is 0 Å². The second-order valence-corrected chi connectivity index (χ2v) is 30.2. The lowest BCUT2D eigenvalue weighted by Crippen LogP contribution is -2.37. The van der Waals surface area contributed by atoms with Crippen LogP contribution < -0.4 is 10.4 Å². The smallest absolute Gasteiger partial charge is 0.0776 e. The third kappa shape index (κ3) is 5.73. The fourth-order valence-corrected chi connectivity index (χ4v) is 13.4. The Bertz CT molecular complexity index is 3230. The number of hydrogen-bond acceptors (Lipinski definition) is 0. The first kappa shape index (κ1) is 37.5. The molecular formula is C58H52N2Si2. The van der Waals surface area contributed by atoms with E-state index >= 15 is 0 Å². The van der Waals surface area contributed by atoms with Gasteiger partial charge in [0.05, 0.1) is 38.2 Å². The van der Waals surface area contributed by atoms with Crippen LogP contribution >= 0.6 is 0 Å². The molecule has 0 saturated heterocycles. The van der Waals surface area contributed by atoms with E-state index in [1.807, 2.05) is 0 Å². The quantitative estimate of drug-likeness (QED) is 0.148. The molecule has 4 heteroatoms. The molecule has 0 radical (unpaired) electrons. The zero-order valence-corrected chi connectivity index (χ0v) is 38.7. The molecule has 0 amide bonds. The lowest BCUT2D eigenvalue weighted by molar-refractivity contribution is 0.883. The van der Waals surface area contributed by atoms with Crippen molar-refractivity contribution in [2.24, 2.45) is 0 Å². The van der Waals surface area contributed by atoms with E-state index in [9.17, 15) is 0 Å². The van der Waals surface area contributed by atoms with Gasteiger partial charge < -0.3 is 9.13 Å². The van der Waals surface area contributed by atoms with Crippen LogP contribution in [0, 0.1) is 0 Å². The minimum absolute atomic E-state index is 1.00. The molecule has 2 nitrogen and oxygen atoms in total. The van der Waals surface area contributed by atoms with Gasteiger partial charge in [0.25, 0.3) is 0 Å². The maximum absolute atomic E-state index is 2.59. The highest BCUT2D eigenvalue weighted by Gasteiger charge is 2.33. The number of benzene rings is 8. The predicted molar refractivity (Wildman–Crippen MR) is 272 cm³/mol. The molecular weight excluding hydrogens is 781 g/mol. The maximum Gasteiger partial charge on any atom is 0.0776 e. The van der Waals surface area contributed by atoms with Gasteiger partial charge in [-0.2, -0.15) is 0 Å². The molecule has 2 aromatic heterocycles. The zero-order valence-electron chi connectivity index (χ0n) is 36.7. The molecule has 302 valence electrons. The summed E-state index contributed by atoms with van der Waals surface area (Å²) in [6, 6.07) is 60.5. The van der Waals surface area contributed by atoms with Crippen LogP contribution in [0.3, 0.4) is 0 Å². The van der Waals surface area contributed by atoms with Crippen molar-refractivity contribution in [3.05, 3.63) is 180 Å². The number of rotatable bonds is 6. The van der Waals surface area contributed by atoms with Crippen LogP contribution in [0.5, 0.6) is 0 Å². The van der Waals surface area contributed by atoms with E-state index in [1.165, 1.54) is 121 Å². The summed E-state index contributed by atoms with van der Waals surface area (Å²) in [5.74, 6) is 0. The maximum atomic E-state index is 2.59. The van der Waals surface area contributed by atoms with Crippen molar-refractivity contribution in [3.63, 3.8) is 0 Å². The SMILES string of the molecule is C[Si](C)(C)c1cccc(-c2ccc3c(c2)c2cc4c5c(c2n3-c2ccccc2)CCc2c-5c(cc3c5cc(-c6cccc([Si](C)(C)C)c6)ccc5n(-c5ccccc5)c23)CC4)c1. The van der Waals surface area contributed by atoms with Crippen LogP contribution in [-0.2, 0) is 25.7 Å². The summed E-state index contributed by atoms with van der Waals surface area (Å²) in [4.78, 5) is 0. The topological polar surface area (TPSA) is 9.86 Å². The second kappa shape index (κ2) is 13.6. The Hall–Kier alpha value is -6.21. The molecule has 0 aliphatic heterocycles. The van der Waals surface area contributed by atoms with Crippen LogP contribution in [0.2, 0.25) is 39.3 Å². The summed E-state index contributed by atoms with van der Waals surface area (Å²) in [7, 11) is -2.93. The lowest BCUT2D eigenvalue weighted by atomic mass is 9.74. The highest BCUT2D eigenvalue weighted by Crippen LogP contribution is 2.51. The van der Waals surface area contributed by atoms with Gasteiger partial charge in [-0.15, -0.1) is 0 Å². The monoisotopic (exact) mass is 832 g/mol. The summed E-state index contributed by atoms with van der Waals surface area (Å²) >= 11 is 0. The zero-order chi connectivity index (χ0) is 42.1. The predicted octanol–water partition coefficient (Wildman–Crippen LogP) is 14.2. The third-order valence-corrected chi connectivity index (χ3v) is 18.2. The molecule has 0 saturated carbocycles. The van der Waals surface area contributed by atoms with Gasteiger partial charge in [-0.1, -0.05) is 147 Å². The van der Waals surface area contributed by atoms with E-state index in [2.05, 4.69) is 206 Å². The van der Waals surface area contributed by atoms with Gasteiger partial charge in [0, 0.05) is 32.9 Å². The van der Waals surface area contributed by atoms with Crippen molar-refractivity contribution in [2.75, 3.05) is 0 Å². The summed E-state index contributed by atoms with van der Waals surface area (Å²) < 4.78 is 5.17. The largest absolute Gasteiger partial charge is 0.309 e. The van der Waals surface area contributed by atoms with Crippen LogP contribution in [0.1, 0.15) is 22.3 Å². The number of fused-ring (bicyclic) bond motifs is 8. The number of para-hydroxylation sites is 2. The molecule has 0 atom stereocenters. The fourth-order valence-electron chi connectivity index (χ4n) is 11.0. The van der Waals surface area contributed by atoms with Gasteiger partial charge in [-0.05, 0) is 142 Å². The molecule has 0 bridgehead atoms. The van der Waals surface area contributed by atoms with E-state index in [-0.39, 0.29) is 0 Å². The summed E-state index contributed by atoms with van der Waals surface area (Å²) in [6.07, 6.45) is 4.12. The van der Waals surface area contributed by atoms with E-state index in [0.717, 1.165) is 25.7 Å². The van der Waals surface area contributed by atoms with Gasteiger partial charge in [-0.25, -0.2) is 0 Å². The summed E-state index contributed by atoms with van der Waals surface area (Å²) in [6.45, 7) is 14.7. The molecule has 62 heavy (non-hydrogen) atoms. The van der Waals surface area contributed by atoms with Crippen LogP contribution in [0.15, 0.2) is 158 Å². The Morgan fingerprint density at radius 1 is 0.355 bits per heavy atom. The Morgan fingerprint density at radius 3 is 1.16 bits per heavy atom. The molecule has 0 spiro atoms. The van der Waals surface area contributed by atoms with Crippen molar-refractivity contribution < 1.29 is 0 Å². The van der Waals surface area contributed by atoms with Gasteiger partial charge in [-0.3, -0.25) is 0 Å². The fraction of sp³-hybridized carbons (Fsp3) is 0.172. The van der Waals surface area contributed by atoms with Crippen molar-refractivity contribution in [2.45, 2.75) is 65.0 Å². The van der Waals surface area contributed by atoms with Crippen LogP contribution in [0.25, 0.3) is 88.4 Å². The first-order valence-electron chi connectivity index (χ1n) is 22.6. The van der Waals surface area contributed by atoms with Gasteiger partial charge in [0.1, 0.15) is 0 Å². The number of nitrogens with zero attached hydrogens (tertiary/aromatic N) is 2. The van der Waals surface area contributed by atoms with Crippen molar-refractivity contribution in [1.29, 1.82) is 0 Å². The molecule has 0 unspecified atom stereocenters. The van der Waals surface area contributed by atoms with E-state index in [4.69, 9.17) is 0 Å². The molecule has 2 heterocycles. The average Bonchev–Trinajstić information content (AvgIpc) is 3.80. The van der Waals surface area contributed by atoms with E-state index in [1.54, 1.807) is 0 Å². The minimum Gasteiger partial charge on any atom is -0.309 e. The standard InChI is InChI=1S/C58H52N2Si2/c1-61(2,3)45-21-13-15-37(31-45)39-25-29-53-49(33-39)51-35-41-23-24-42-36-52-50-34-40(38-16-14-22-46(32-38)62(4,5)6)26-30-54(50)60(44-19-11-8-12-20-44)58(52)48-28-27-47(55(41)56(42)48)57(51)59(53)43-17-9-7-10-18-43/h7-22,25-26,29-36H,23-24,27-28H2,1-6H3. The second-order valence-electron chi connectivity index (χ2n) is 20.0. The van der Waals surface area contributed by atoms with Crippen molar-refractivity contribution in [3.8, 4) is 44.8 Å². The minimum atomic E-state index is -1.47. The number of aryl methyl sites for hydroxylation is 4. The normalized spacial score (nSPS) is 13.7. The Morgan fingerprint density at radius 2 is 0.758 bits per heavy atom. The van der Waals surface area contributed by atoms with Gasteiger partial charge in [0.15, 0.2) is 0 Å². The summed E-state index contributed by atoms with van der Waals surface area (Å²) in [5.41, 5.74) is 22.0. The number of aromatic nitrogens is 2. The molecule has 0 fully saturated rings. The third-order valence-electron chi connectivity index (χ3n) is 14.2. The summed E-state index contributed by atoms with van der Waals surface area (Å²) in [5, 5.41) is 8.48. The molecule has 2 aliphatic carbocycles. The van der Waals surface area contributed by atoms with Gasteiger partial charge >= 0.3 is 0 Å². The molecule has 2 aliphatic rings. The highest BCUT2D eigenvalue weighted by molar-refractivity contribution is 6.89. The van der Waals surface area contributed by atoms with Crippen molar-refractivity contribution in [1.82, 2.24) is 9.13 Å². The Kier molecular flexibility index (Phi) is 8.26. The number of hydrogen-bond donors (Lipinski definition) is 0. The first-order chi connectivity index (χ1) is 30.0. The molecule has 8 aromatic carbocycles. The van der Waals surface area contributed by atoms with Crippen LogP contribution in [0.4, 0.5) is 0 Å². The molecule has 10 aromatic rings. The van der Waals surface area contributed by atoms with E-state index < -0.39 is 16.1 Å². The molecule has 0 N–H and O–H groups in total. The highest BCUT2D eigenvalue weighted by atomic mass is 28.3. The Balaban J connectivity index is 1.12.